The van der Waals surface area contributed by atoms with E-state index in [0.29, 0.717) is 0 Å². The lowest BCUT2D eigenvalue weighted by Crippen LogP contribution is -1.96. The molecule has 0 radical (unpaired) electrons. The van der Waals surface area contributed by atoms with Gasteiger partial charge in [-0.2, -0.15) is 10.2 Å². The topological polar surface area (TPSA) is 24.7 Å². The molecule has 0 aliphatic heterocycles. The van der Waals surface area contributed by atoms with E-state index in [2.05, 4.69) is 37.2 Å². The van der Waals surface area contributed by atoms with Crippen LogP contribution in [0, 0.1) is 0 Å². The minimum Gasteiger partial charge on any atom is -0.151 e. The van der Waals surface area contributed by atoms with E-state index in [1.165, 1.54) is 120 Å². The first-order valence-electron chi connectivity index (χ1n) is 14.4. The second-order valence-corrected chi connectivity index (χ2v) is 9.90. The summed E-state index contributed by atoms with van der Waals surface area (Å²) in [5.74, 6) is 0. The SMILES string of the molecule is CCCCCCCCCCc1cccc(N=Nc2ccccc2)c1CCCCCCCCCC. The molecule has 0 aliphatic rings. The van der Waals surface area contributed by atoms with Crippen LogP contribution in [0.5, 0.6) is 0 Å². The Labute approximate surface area is 210 Å². The standard InChI is InChI=1S/C32H50N2/c1-3-5-7-9-11-13-15-18-23-29-24-22-28-32(34-33-30-25-19-17-20-26-30)31(29)27-21-16-14-12-10-8-6-4-2/h17,19-20,22,24-26,28H,3-16,18,21,23,27H2,1-2H3. The molecule has 2 aromatic rings. The van der Waals surface area contributed by atoms with Crippen molar-refractivity contribution in [2.75, 3.05) is 0 Å². The zero-order chi connectivity index (χ0) is 24.1. The summed E-state index contributed by atoms with van der Waals surface area (Å²) >= 11 is 0. The normalized spacial score (nSPS) is 11.5. The first-order valence-corrected chi connectivity index (χ1v) is 14.4. The Bertz CT molecular complexity index is 766. The van der Waals surface area contributed by atoms with E-state index < -0.39 is 0 Å². The Morgan fingerprint density at radius 2 is 1.00 bits per heavy atom. The third-order valence-corrected chi connectivity index (χ3v) is 6.86. The van der Waals surface area contributed by atoms with Gasteiger partial charge in [-0.25, -0.2) is 0 Å². The lowest BCUT2D eigenvalue weighted by atomic mass is 9.95. The maximum absolute atomic E-state index is 4.70. The van der Waals surface area contributed by atoms with E-state index in [-0.39, 0.29) is 0 Å². The van der Waals surface area contributed by atoms with Gasteiger partial charge in [0.25, 0.3) is 0 Å². The van der Waals surface area contributed by atoms with Gasteiger partial charge in [0, 0.05) is 0 Å². The number of rotatable bonds is 20. The summed E-state index contributed by atoms with van der Waals surface area (Å²) in [5, 5.41) is 9.23. The van der Waals surface area contributed by atoms with Gasteiger partial charge in [0.05, 0.1) is 11.4 Å². The molecule has 0 saturated heterocycles. The predicted octanol–water partition coefficient (Wildman–Crippen LogP) is 11.5. The first-order chi connectivity index (χ1) is 16.8. The van der Waals surface area contributed by atoms with Gasteiger partial charge in [0.15, 0.2) is 0 Å². The molecule has 0 amide bonds. The Kier molecular flexibility index (Phi) is 16.1. The van der Waals surface area contributed by atoms with Crippen LogP contribution in [0.4, 0.5) is 11.4 Å². The van der Waals surface area contributed by atoms with Crippen LogP contribution in [0.15, 0.2) is 58.8 Å². The van der Waals surface area contributed by atoms with Gasteiger partial charge < -0.3 is 0 Å². The molecule has 0 spiro atoms. The van der Waals surface area contributed by atoms with Crippen LogP contribution in [0.1, 0.15) is 128 Å². The maximum Gasteiger partial charge on any atom is 0.0891 e. The Morgan fingerprint density at radius 1 is 0.471 bits per heavy atom. The van der Waals surface area contributed by atoms with Crippen molar-refractivity contribution in [1.82, 2.24) is 0 Å². The zero-order valence-corrected chi connectivity index (χ0v) is 22.2. The van der Waals surface area contributed by atoms with Crippen molar-refractivity contribution in [2.24, 2.45) is 10.2 Å². The first kappa shape index (κ1) is 28.3. The summed E-state index contributed by atoms with van der Waals surface area (Å²) in [5.41, 5.74) is 4.94. The highest BCUT2D eigenvalue weighted by Crippen LogP contribution is 2.29. The molecule has 0 aromatic heterocycles. The van der Waals surface area contributed by atoms with Crippen molar-refractivity contribution in [3.05, 3.63) is 59.7 Å². The fraction of sp³-hybridized carbons (Fsp3) is 0.625. The molecule has 0 heterocycles. The van der Waals surface area contributed by atoms with E-state index in [4.69, 9.17) is 5.11 Å². The van der Waals surface area contributed by atoms with E-state index in [1.54, 1.807) is 0 Å². The average Bonchev–Trinajstić information content (AvgIpc) is 2.87. The minimum absolute atomic E-state index is 0.925. The van der Waals surface area contributed by atoms with Gasteiger partial charge >= 0.3 is 0 Å². The fourth-order valence-electron chi connectivity index (χ4n) is 4.73. The van der Waals surface area contributed by atoms with Crippen molar-refractivity contribution in [3.8, 4) is 0 Å². The second-order valence-electron chi connectivity index (χ2n) is 9.90. The summed E-state index contributed by atoms with van der Waals surface area (Å²) in [6.07, 6.45) is 24.1. The molecule has 0 atom stereocenters. The van der Waals surface area contributed by atoms with Crippen molar-refractivity contribution in [3.63, 3.8) is 0 Å². The van der Waals surface area contributed by atoms with Gasteiger partial charge in [-0.15, -0.1) is 0 Å². The number of aryl methyl sites for hydroxylation is 1. The van der Waals surface area contributed by atoms with Crippen LogP contribution in [-0.4, -0.2) is 0 Å². The van der Waals surface area contributed by atoms with Crippen LogP contribution in [-0.2, 0) is 12.8 Å². The highest BCUT2D eigenvalue weighted by molar-refractivity contribution is 5.51. The van der Waals surface area contributed by atoms with Gasteiger partial charge in [-0.1, -0.05) is 134 Å². The molecular formula is C32H50N2. The van der Waals surface area contributed by atoms with E-state index in [0.717, 1.165) is 17.8 Å². The number of azo groups is 1. The lowest BCUT2D eigenvalue weighted by molar-refractivity contribution is 0.570. The number of unbranched alkanes of at least 4 members (excludes halogenated alkanes) is 14. The van der Waals surface area contributed by atoms with Gasteiger partial charge in [0.2, 0.25) is 0 Å². The number of benzene rings is 2. The highest BCUT2D eigenvalue weighted by Gasteiger charge is 2.09. The summed E-state index contributed by atoms with van der Waals surface area (Å²) in [6.45, 7) is 4.58. The van der Waals surface area contributed by atoms with Gasteiger partial charge in [0.1, 0.15) is 0 Å². The second kappa shape index (κ2) is 19.4. The van der Waals surface area contributed by atoms with Crippen molar-refractivity contribution in [1.29, 1.82) is 0 Å². The number of hydrogen-bond acceptors (Lipinski definition) is 2. The highest BCUT2D eigenvalue weighted by atomic mass is 15.1. The Morgan fingerprint density at radius 3 is 1.59 bits per heavy atom. The number of nitrogens with zero attached hydrogens (tertiary/aromatic N) is 2. The van der Waals surface area contributed by atoms with E-state index in [9.17, 15) is 0 Å². The molecule has 0 saturated carbocycles. The van der Waals surface area contributed by atoms with Gasteiger partial charge in [-0.3, -0.25) is 0 Å². The fourth-order valence-corrected chi connectivity index (χ4v) is 4.73. The maximum atomic E-state index is 4.70. The summed E-state index contributed by atoms with van der Waals surface area (Å²) < 4.78 is 0. The van der Waals surface area contributed by atoms with Crippen LogP contribution in [0.3, 0.4) is 0 Å². The quantitative estimate of drug-likeness (QED) is 0.138. The van der Waals surface area contributed by atoms with Crippen LogP contribution < -0.4 is 0 Å². The van der Waals surface area contributed by atoms with Crippen molar-refractivity contribution >= 4 is 11.4 Å². The van der Waals surface area contributed by atoms with E-state index in [1.807, 2.05) is 30.3 Å². The Hall–Kier alpha value is -1.96. The molecule has 188 valence electrons. The number of hydrogen-bond donors (Lipinski definition) is 0. The molecule has 2 heteroatoms. The molecule has 0 fully saturated rings. The third kappa shape index (κ3) is 12.5. The monoisotopic (exact) mass is 462 g/mol. The van der Waals surface area contributed by atoms with Crippen LogP contribution in [0.2, 0.25) is 0 Å². The molecular weight excluding hydrogens is 412 g/mol. The van der Waals surface area contributed by atoms with Gasteiger partial charge in [-0.05, 0) is 55.0 Å². The van der Waals surface area contributed by atoms with Crippen LogP contribution >= 0.6 is 0 Å². The molecule has 0 N–H and O–H groups in total. The lowest BCUT2D eigenvalue weighted by Gasteiger charge is -2.12. The summed E-state index contributed by atoms with van der Waals surface area (Å²) in [4.78, 5) is 0. The van der Waals surface area contributed by atoms with Crippen LogP contribution in [0.25, 0.3) is 0 Å². The largest absolute Gasteiger partial charge is 0.151 e. The smallest absolute Gasteiger partial charge is 0.0891 e. The molecule has 2 aromatic carbocycles. The zero-order valence-electron chi connectivity index (χ0n) is 22.2. The predicted molar refractivity (Wildman–Crippen MR) is 150 cm³/mol. The molecule has 0 unspecified atom stereocenters. The van der Waals surface area contributed by atoms with Crippen molar-refractivity contribution in [2.45, 2.75) is 129 Å². The average molecular weight is 463 g/mol. The van der Waals surface area contributed by atoms with Crippen molar-refractivity contribution < 1.29 is 0 Å². The third-order valence-electron chi connectivity index (χ3n) is 6.86. The summed E-state index contributed by atoms with van der Waals surface area (Å²) in [7, 11) is 0. The molecule has 2 rings (SSSR count). The molecule has 34 heavy (non-hydrogen) atoms. The molecule has 0 bridgehead atoms. The minimum atomic E-state index is 0.925. The molecule has 2 nitrogen and oxygen atoms in total. The summed E-state index contributed by atoms with van der Waals surface area (Å²) in [6, 6.07) is 16.8. The van der Waals surface area contributed by atoms with E-state index >= 15 is 0 Å². The molecule has 0 aliphatic carbocycles. The Balaban J connectivity index is 1.90.